The molecule has 0 aromatic heterocycles. The van der Waals surface area contributed by atoms with Crippen LogP contribution in [0.3, 0.4) is 0 Å². The first-order valence-electron chi connectivity index (χ1n) is 9.62. The molecule has 1 aromatic carbocycles. The third-order valence-electron chi connectivity index (χ3n) is 4.85. The lowest BCUT2D eigenvalue weighted by Crippen LogP contribution is -2.55. The zero-order valence-electron chi connectivity index (χ0n) is 17.0. The van der Waals surface area contributed by atoms with Crippen LogP contribution in [0, 0.1) is 5.92 Å². The number of ether oxygens (including phenoxy) is 1. The summed E-state index contributed by atoms with van der Waals surface area (Å²) in [6.07, 6.45) is -4.46. The molecule has 1 saturated heterocycles. The van der Waals surface area contributed by atoms with Crippen molar-refractivity contribution in [1.82, 2.24) is 15.1 Å². The van der Waals surface area contributed by atoms with Gasteiger partial charge >= 0.3 is 12.3 Å². The summed E-state index contributed by atoms with van der Waals surface area (Å²) in [7, 11) is 1.26. The minimum absolute atomic E-state index is 0.140. The van der Waals surface area contributed by atoms with Crippen LogP contribution < -0.4 is 5.32 Å². The number of hydrogen-bond donors (Lipinski definition) is 1. The van der Waals surface area contributed by atoms with Gasteiger partial charge in [-0.3, -0.25) is 9.69 Å². The van der Waals surface area contributed by atoms with Crippen molar-refractivity contribution in [1.29, 1.82) is 0 Å². The van der Waals surface area contributed by atoms with E-state index >= 15 is 0 Å². The van der Waals surface area contributed by atoms with Crippen LogP contribution in [0.15, 0.2) is 24.3 Å². The standard InChI is InChI=1S/C20H28F3N3O3/c1-14(2)12-17(24-19(28)29-3)18(27)26-10-8-25(9-11-26)13-15-4-6-16(7-5-15)20(21,22)23/h4-7,14,17H,8-13H2,1-3H3,(H,24,28). The maximum Gasteiger partial charge on any atom is 0.416 e. The van der Waals surface area contributed by atoms with Crippen molar-refractivity contribution in [2.75, 3.05) is 33.3 Å². The van der Waals surface area contributed by atoms with Gasteiger partial charge in [-0.25, -0.2) is 4.79 Å². The van der Waals surface area contributed by atoms with Gasteiger partial charge < -0.3 is 15.0 Å². The minimum atomic E-state index is -4.34. The van der Waals surface area contributed by atoms with Crippen LogP contribution in [0.25, 0.3) is 0 Å². The number of carbonyl (C=O) groups excluding carboxylic acids is 2. The molecule has 0 spiro atoms. The Morgan fingerprint density at radius 3 is 2.17 bits per heavy atom. The predicted octanol–water partition coefficient (Wildman–Crippen LogP) is 3.12. The molecule has 1 atom stereocenters. The highest BCUT2D eigenvalue weighted by Crippen LogP contribution is 2.29. The monoisotopic (exact) mass is 415 g/mol. The fraction of sp³-hybridized carbons (Fsp3) is 0.600. The maximum atomic E-state index is 12.8. The zero-order chi connectivity index (χ0) is 21.6. The summed E-state index contributed by atoms with van der Waals surface area (Å²) in [6.45, 7) is 6.69. The number of methoxy groups -OCH3 is 1. The molecule has 1 unspecified atom stereocenters. The summed E-state index contributed by atoms with van der Waals surface area (Å²) >= 11 is 0. The molecule has 6 nitrogen and oxygen atoms in total. The van der Waals surface area contributed by atoms with E-state index in [4.69, 9.17) is 0 Å². The van der Waals surface area contributed by atoms with Gasteiger partial charge in [-0.2, -0.15) is 13.2 Å². The van der Waals surface area contributed by atoms with Crippen molar-refractivity contribution < 1.29 is 27.5 Å². The van der Waals surface area contributed by atoms with E-state index in [0.717, 1.165) is 17.7 Å². The molecule has 2 rings (SSSR count). The number of rotatable bonds is 6. The molecule has 0 saturated carbocycles. The molecule has 9 heteroatoms. The van der Waals surface area contributed by atoms with Gasteiger partial charge in [-0.05, 0) is 30.0 Å². The van der Waals surface area contributed by atoms with Crippen molar-refractivity contribution >= 4 is 12.0 Å². The van der Waals surface area contributed by atoms with E-state index in [0.29, 0.717) is 39.1 Å². The van der Waals surface area contributed by atoms with Gasteiger partial charge in [0.15, 0.2) is 0 Å². The SMILES string of the molecule is COC(=O)NC(CC(C)C)C(=O)N1CCN(Cc2ccc(C(F)(F)F)cc2)CC1. The van der Waals surface area contributed by atoms with Crippen molar-refractivity contribution in [3.8, 4) is 0 Å². The van der Waals surface area contributed by atoms with Gasteiger partial charge in [0.1, 0.15) is 6.04 Å². The van der Waals surface area contributed by atoms with Crippen LogP contribution in [0.1, 0.15) is 31.4 Å². The molecule has 0 radical (unpaired) electrons. The van der Waals surface area contributed by atoms with E-state index in [2.05, 4.69) is 15.0 Å². The van der Waals surface area contributed by atoms with E-state index in [-0.39, 0.29) is 11.8 Å². The Morgan fingerprint density at radius 1 is 1.10 bits per heavy atom. The first-order valence-corrected chi connectivity index (χ1v) is 9.62. The molecular weight excluding hydrogens is 387 g/mol. The van der Waals surface area contributed by atoms with Gasteiger partial charge in [0, 0.05) is 32.7 Å². The van der Waals surface area contributed by atoms with Crippen molar-refractivity contribution in [3.63, 3.8) is 0 Å². The van der Waals surface area contributed by atoms with Crippen LogP contribution in [-0.4, -0.2) is 61.1 Å². The summed E-state index contributed by atoms with van der Waals surface area (Å²) in [5, 5.41) is 2.61. The first kappa shape index (κ1) is 23.0. The van der Waals surface area contributed by atoms with Gasteiger partial charge in [-0.15, -0.1) is 0 Å². The normalized spacial score (nSPS) is 16.6. The van der Waals surface area contributed by atoms with Gasteiger partial charge in [0.2, 0.25) is 5.91 Å². The molecule has 1 heterocycles. The second-order valence-electron chi connectivity index (χ2n) is 7.61. The van der Waals surface area contributed by atoms with Gasteiger partial charge in [-0.1, -0.05) is 26.0 Å². The number of alkyl halides is 3. The Kier molecular flexibility index (Phi) is 7.89. The van der Waals surface area contributed by atoms with E-state index in [1.54, 1.807) is 4.90 Å². The Hall–Kier alpha value is -2.29. The lowest BCUT2D eigenvalue weighted by molar-refractivity contribution is -0.137. The maximum absolute atomic E-state index is 12.8. The van der Waals surface area contributed by atoms with Crippen LogP contribution in [-0.2, 0) is 22.3 Å². The number of hydrogen-bond acceptors (Lipinski definition) is 4. The number of halogens is 3. The number of benzene rings is 1. The van der Waals surface area contributed by atoms with Crippen LogP contribution >= 0.6 is 0 Å². The number of alkyl carbamates (subject to hydrolysis) is 1. The second kappa shape index (κ2) is 9.96. The quantitative estimate of drug-likeness (QED) is 0.776. The molecule has 1 aromatic rings. The van der Waals surface area contributed by atoms with Crippen molar-refractivity contribution in [2.45, 2.75) is 39.0 Å². The van der Waals surface area contributed by atoms with E-state index in [9.17, 15) is 22.8 Å². The molecule has 0 bridgehead atoms. The molecule has 1 fully saturated rings. The van der Waals surface area contributed by atoms with E-state index in [1.807, 2.05) is 13.8 Å². The third kappa shape index (κ3) is 6.92. The minimum Gasteiger partial charge on any atom is -0.453 e. The highest BCUT2D eigenvalue weighted by Gasteiger charge is 2.31. The van der Waals surface area contributed by atoms with Gasteiger partial charge in [0.05, 0.1) is 12.7 Å². The number of nitrogens with zero attached hydrogens (tertiary/aromatic N) is 2. The van der Waals surface area contributed by atoms with Crippen LogP contribution in [0.4, 0.5) is 18.0 Å². The molecule has 2 amide bonds. The topological polar surface area (TPSA) is 61.9 Å². The summed E-state index contributed by atoms with van der Waals surface area (Å²) in [5.41, 5.74) is 0.133. The average molecular weight is 415 g/mol. The first-order chi connectivity index (χ1) is 13.6. The summed E-state index contributed by atoms with van der Waals surface area (Å²) in [6, 6.07) is 4.51. The molecule has 162 valence electrons. The van der Waals surface area contributed by atoms with E-state index < -0.39 is 23.9 Å². The Bertz CT molecular complexity index is 684. The Morgan fingerprint density at radius 2 is 1.69 bits per heavy atom. The van der Waals surface area contributed by atoms with Crippen molar-refractivity contribution in [2.24, 2.45) is 5.92 Å². The second-order valence-corrected chi connectivity index (χ2v) is 7.61. The Labute approximate surface area is 169 Å². The molecule has 1 aliphatic heterocycles. The molecule has 1 aliphatic rings. The molecular formula is C20H28F3N3O3. The fourth-order valence-corrected chi connectivity index (χ4v) is 3.30. The third-order valence-corrected chi connectivity index (χ3v) is 4.85. The Balaban J connectivity index is 1.89. The summed E-state index contributed by atoms with van der Waals surface area (Å²) < 4.78 is 42.6. The highest BCUT2D eigenvalue weighted by molar-refractivity contribution is 5.85. The largest absolute Gasteiger partial charge is 0.453 e. The van der Waals surface area contributed by atoms with Crippen LogP contribution in [0.2, 0.25) is 0 Å². The lowest BCUT2D eigenvalue weighted by Gasteiger charge is -2.36. The van der Waals surface area contributed by atoms with Crippen LogP contribution in [0.5, 0.6) is 0 Å². The summed E-state index contributed by atoms with van der Waals surface area (Å²) in [4.78, 5) is 28.2. The molecule has 29 heavy (non-hydrogen) atoms. The number of amides is 2. The number of nitrogens with one attached hydrogen (secondary N) is 1. The van der Waals surface area contributed by atoms with Gasteiger partial charge in [0.25, 0.3) is 0 Å². The molecule has 1 N–H and O–H groups in total. The summed E-state index contributed by atoms with van der Waals surface area (Å²) in [5.74, 6) is 0.0837. The number of carbonyl (C=O) groups is 2. The van der Waals surface area contributed by atoms with Crippen molar-refractivity contribution in [3.05, 3.63) is 35.4 Å². The fourth-order valence-electron chi connectivity index (χ4n) is 3.30. The predicted molar refractivity (Wildman–Crippen MR) is 102 cm³/mol. The zero-order valence-corrected chi connectivity index (χ0v) is 17.0. The molecule has 0 aliphatic carbocycles. The van der Waals surface area contributed by atoms with E-state index in [1.165, 1.54) is 19.2 Å². The lowest BCUT2D eigenvalue weighted by atomic mass is 10.0. The highest BCUT2D eigenvalue weighted by atomic mass is 19.4. The number of piperazine rings is 1. The average Bonchev–Trinajstić information content (AvgIpc) is 2.66. The smallest absolute Gasteiger partial charge is 0.416 e.